The van der Waals surface area contributed by atoms with E-state index in [4.69, 9.17) is 0 Å². The van der Waals surface area contributed by atoms with Crippen LogP contribution in [0.2, 0.25) is 0 Å². The number of fused-ring (bicyclic) bond motifs is 1. The molecule has 0 aliphatic rings. The van der Waals surface area contributed by atoms with Crippen molar-refractivity contribution in [2.75, 3.05) is 13.1 Å². The second-order valence-corrected chi connectivity index (χ2v) is 10.3. The topological polar surface area (TPSA) is 97.4 Å². The minimum atomic E-state index is -0.783. The first-order valence-corrected chi connectivity index (χ1v) is 13.5. The van der Waals surface area contributed by atoms with Crippen LogP contribution in [0.5, 0.6) is 5.75 Å². The third-order valence-corrected chi connectivity index (χ3v) is 7.49. The predicted octanol–water partition coefficient (Wildman–Crippen LogP) is 5.12. The van der Waals surface area contributed by atoms with Gasteiger partial charge in [0, 0.05) is 25.2 Å². The molecule has 7 heteroatoms. The summed E-state index contributed by atoms with van der Waals surface area (Å²) in [6.45, 7) is 2.70. The van der Waals surface area contributed by atoms with Crippen LogP contribution in [0.1, 0.15) is 28.4 Å². The number of aromatic nitrogens is 1. The van der Waals surface area contributed by atoms with E-state index in [9.17, 15) is 15.0 Å². The van der Waals surface area contributed by atoms with Crippen LogP contribution in [-0.4, -0.2) is 28.3 Å². The van der Waals surface area contributed by atoms with Gasteiger partial charge < -0.3 is 25.8 Å². The summed E-state index contributed by atoms with van der Waals surface area (Å²) >= 11 is 0.998. The number of rotatable bonds is 11. The van der Waals surface area contributed by atoms with E-state index in [0.717, 1.165) is 30.8 Å². The maximum atomic E-state index is 11.7. The number of thiazole rings is 1. The fraction of sp³-hybridized carbons (Fsp3) is 0.194. The Morgan fingerprint density at radius 1 is 0.789 bits per heavy atom. The molecular weight excluding hydrogens is 494 g/mol. The Balaban J connectivity index is 1.15. The van der Waals surface area contributed by atoms with Crippen molar-refractivity contribution in [1.29, 1.82) is 0 Å². The van der Waals surface area contributed by atoms with E-state index in [0.29, 0.717) is 28.9 Å². The smallest absolute Gasteiger partial charge is 0.305 e. The molecule has 5 N–H and O–H groups in total. The molecule has 1 atom stereocenters. The number of nitrogens with one attached hydrogen (secondary N) is 3. The van der Waals surface area contributed by atoms with Crippen molar-refractivity contribution in [2.45, 2.75) is 25.6 Å². The molecule has 0 bridgehead atoms. The first-order valence-electron chi connectivity index (χ1n) is 12.7. The van der Waals surface area contributed by atoms with Gasteiger partial charge in [0.05, 0.1) is 10.8 Å². The molecule has 1 aromatic heterocycles. The Bertz CT molecular complexity index is 1560. The lowest BCUT2D eigenvalue weighted by Crippen LogP contribution is -2.23. The van der Waals surface area contributed by atoms with Crippen molar-refractivity contribution in [3.05, 3.63) is 123 Å². The summed E-state index contributed by atoms with van der Waals surface area (Å²) in [5.41, 5.74) is 7.12. The van der Waals surface area contributed by atoms with E-state index in [1.807, 2.05) is 6.07 Å². The van der Waals surface area contributed by atoms with Crippen molar-refractivity contribution >= 4 is 21.6 Å². The number of H-pyrrole nitrogens is 1. The van der Waals surface area contributed by atoms with Crippen LogP contribution in [0.15, 0.2) is 95.8 Å². The molecule has 0 amide bonds. The van der Waals surface area contributed by atoms with Gasteiger partial charge in [0.15, 0.2) is 0 Å². The van der Waals surface area contributed by atoms with Crippen molar-refractivity contribution in [3.8, 4) is 16.9 Å². The number of aromatic amines is 1. The zero-order chi connectivity index (χ0) is 26.3. The van der Waals surface area contributed by atoms with E-state index in [1.54, 1.807) is 6.07 Å². The standard InChI is InChI=1S/C31H31N3O3S/c35-27-13-12-26(30-29(27)34-31(37)38-30)28(36)20-32-15-14-21-8-4-10-24(16-21)25-11-5-9-23(17-25)19-33-18-22-6-2-1-3-7-22/h1-13,16-17,28,32-33,35-36H,14-15,18-20H2,(H,34,37). The van der Waals surface area contributed by atoms with Gasteiger partial charge >= 0.3 is 4.87 Å². The molecule has 1 unspecified atom stereocenters. The molecule has 0 spiro atoms. The van der Waals surface area contributed by atoms with Crippen LogP contribution in [0.4, 0.5) is 0 Å². The normalized spacial score (nSPS) is 12.1. The number of aliphatic hydroxyl groups excluding tert-OH is 1. The quantitative estimate of drug-likeness (QED) is 0.154. The van der Waals surface area contributed by atoms with Crippen molar-refractivity contribution in [1.82, 2.24) is 15.6 Å². The average Bonchev–Trinajstić information content (AvgIpc) is 3.34. The van der Waals surface area contributed by atoms with Crippen LogP contribution in [0, 0.1) is 0 Å². The molecule has 0 aliphatic heterocycles. The molecule has 0 saturated heterocycles. The van der Waals surface area contributed by atoms with Gasteiger partial charge in [0.25, 0.3) is 0 Å². The Morgan fingerprint density at radius 3 is 2.26 bits per heavy atom. The summed E-state index contributed by atoms with van der Waals surface area (Å²) in [7, 11) is 0. The highest BCUT2D eigenvalue weighted by Crippen LogP contribution is 2.31. The summed E-state index contributed by atoms with van der Waals surface area (Å²) in [6, 6.07) is 30.8. The molecule has 194 valence electrons. The predicted molar refractivity (Wildman–Crippen MR) is 155 cm³/mol. The molecule has 0 aliphatic carbocycles. The molecule has 0 saturated carbocycles. The highest BCUT2D eigenvalue weighted by Gasteiger charge is 2.16. The van der Waals surface area contributed by atoms with Crippen LogP contribution in [0.3, 0.4) is 0 Å². The van der Waals surface area contributed by atoms with Gasteiger partial charge in [-0.15, -0.1) is 0 Å². The lowest BCUT2D eigenvalue weighted by Gasteiger charge is -2.14. The van der Waals surface area contributed by atoms with Gasteiger partial charge in [-0.05, 0) is 52.9 Å². The summed E-state index contributed by atoms with van der Waals surface area (Å²) in [5, 5.41) is 27.5. The SMILES string of the molecule is O=c1[nH]c2c(O)ccc(C(O)CNCCc3cccc(-c4cccc(CNCc5ccccc5)c4)c3)c2s1. The van der Waals surface area contributed by atoms with Gasteiger partial charge in [-0.25, -0.2) is 0 Å². The highest BCUT2D eigenvalue weighted by molar-refractivity contribution is 7.16. The lowest BCUT2D eigenvalue weighted by molar-refractivity contribution is 0.176. The van der Waals surface area contributed by atoms with Crippen molar-refractivity contribution < 1.29 is 10.2 Å². The molecule has 0 radical (unpaired) electrons. The molecule has 38 heavy (non-hydrogen) atoms. The van der Waals surface area contributed by atoms with E-state index in [1.165, 1.54) is 33.9 Å². The van der Waals surface area contributed by atoms with Crippen molar-refractivity contribution in [3.63, 3.8) is 0 Å². The second kappa shape index (κ2) is 12.2. The monoisotopic (exact) mass is 525 g/mol. The fourth-order valence-corrected chi connectivity index (χ4v) is 5.52. The minimum absolute atomic E-state index is 0.0103. The number of hydrogen-bond donors (Lipinski definition) is 5. The number of aliphatic hydroxyl groups is 1. The Morgan fingerprint density at radius 2 is 1.47 bits per heavy atom. The third-order valence-electron chi connectivity index (χ3n) is 6.56. The molecule has 5 aromatic rings. The molecule has 5 rings (SSSR count). The van der Waals surface area contributed by atoms with Crippen LogP contribution >= 0.6 is 11.3 Å². The number of aromatic hydroxyl groups is 1. The number of phenols is 1. The zero-order valence-electron chi connectivity index (χ0n) is 21.0. The molecule has 1 heterocycles. The number of benzene rings is 4. The zero-order valence-corrected chi connectivity index (χ0v) is 21.8. The van der Waals surface area contributed by atoms with Gasteiger partial charge in [-0.3, -0.25) is 4.79 Å². The van der Waals surface area contributed by atoms with Crippen LogP contribution < -0.4 is 15.5 Å². The largest absolute Gasteiger partial charge is 0.506 e. The molecular formula is C31H31N3O3S. The Labute approximate surface area is 225 Å². The van der Waals surface area contributed by atoms with Gasteiger partial charge in [0.1, 0.15) is 11.3 Å². The minimum Gasteiger partial charge on any atom is -0.506 e. The number of hydrogen-bond acceptors (Lipinski definition) is 6. The lowest BCUT2D eigenvalue weighted by atomic mass is 10.00. The average molecular weight is 526 g/mol. The first kappa shape index (κ1) is 25.9. The first-order chi connectivity index (χ1) is 18.6. The fourth-order valence-electron chi connectivity index (χ4n) is 4.60. The van der Waals surface area contributed by atoms with Crippen molar-refractivity contribution in [2.24, 2.45) is 0 Å². The van der Waals surface area contributed by atoms with E-state index < -0.39 is 6.10 Å². The van der Waals surface area contributed by atoms with Crippen LogP contribution in [0.25, 0.3) is 21.3 Å². The third kappa shape index (κ3) is 6.38. The summed E-state index contributed by atoms with van der Waals surface area (Å²) in [6.07, 6.45) is 0.0376. The van der Waals surface area contributed by atoms with Gasteiger partial charge in [0.2, 0.25) is 0 Å². The van der Waals surface area contributed by atoms with E-state index in [2.05, 4.69) is 88.4 Å². The summed E-state index contributed by atoms with van der Waals surface area (Å²) in [5.74, 6) is 0.0103. The second-order valence-electron chi connectivity index (χ2n) is 9.35. The van der Waals surface area contributed by atoms with Gasteiger partial charge in [-0.1, -0.05) is 90.2 Å². The molecule has 4 aromatic carbocycles. The Kier molecular flexibility index (Phi) is 8.31. The molecule has 0 fully saturated rings. The maximum absolute atomic E-state index is 11.7. The van der Waals surface area contributed by atoms with E-state index in [-0.39, 0.29) is 10.6 Å². The highest BCUT2D eigenvalue weighted by atomic mass is 32.1. The van der Waals surface area contributed by atoms with Gasteiger partial charge in [-0.2, -0.15) is 0 Å². The summed E-state index contributed by atoms with van der Waals surface area (Å²) in [4.78, 5) is 14.1. The Hall–Kier alpha value is -3.75. The van der Waals surface area contributed by atoms with E-state index >= 15 is 0 Å². The summed E-state index contributed by atoms with van der Waals surface area (Å²) < 4.78 is 0.592. The maximum Gasteiger partial charge on any atom is 0.305 e. The molecule has 6 nitrogen and oxygen atoms in total. The number of phenolic OH excluding ortho intramolecular Hbond substituents is 1. The van der Waals surface area contributed by atoms with Crippen LogP contribution in [-0.2, 0) is 19.5 Å².